The highest BCUT2D eigenvalue weighted by Gasteiger charge is 2.27. The average Bonchev–Trinajstić information content (AvgIpc) is 1.95. The largest absolute Gasteiger partial charge is 0.480 e. The van der Waals surface area contributed by atoms with Crippen LogP contribution in [0.3, 0.4) is 0 Å². The van der Waals surface area contributed by atoms with E-state index in [0.717, 1.165) is 0 Å². The molecule has 0 fully saturated rings. The standard InChI is InChI=1S/C7H12F3NO2/c1-11-5(6(12)13)3-2-4-7(8,9)10/h5,11H,2-4H2,1H3,(H,12,13)/t5-/m0/s1. The maximum atomic E-state index is 11.6. The molecule has 0 saturated heterocycles. The Kier molecular flexibility index (Phi) is 4.76. The number of likely N-dealkylation sites (N-methyl/N-ethyl adjacent to an activating group) is 1. The molecule has 0 rings (SSSR count). The van der Waals surface area contributed by atoms with E-state index in [1.807, 2.05) is 0 Å². The van der Waals surface area contributed by atoms with Gasteiger partial charge in [-0.3, -0.25) is 4.79 Å². The summed E-state index contributed by atoms with van der Waals surface area (Å²) in [6, 6.07) is -0.887. The Balaban J connectivity index is 3.68. The molecule has 0 aromatic carbocycles. The van der Waals surface area contributed by atoms with Crippen molar-refractivity contribution in [1.82, 2.24) is 5.32 Å². The van der Waals surface area contributed by atoms with Gasteiger partial charge < -0.3 is 10.4 Å². The van der Waals surface area contributed by atoms with Crippen molar-refractivity contribution < 1.29 is 23.1 Å². The number of carboxylic acids is 1. The molecule has 1 atom stereocenters. The number of aliphatic carboxylic acids is 1. The van der Waals surface area contributed by atoms with Crippen molar-refractivity contribution in [3.05, 3.63) is 0 Å². The zero-order chi connectivity index (χ0) is 10.5. The van der Waals surface area contributed by atoms with E-state index >= 15 is 0 Å². The normalized spacial score (nSPS) is 14.2. The van der Waals surface area contributed by atoms with Crippen molar-refractivity contribution in [3.63, 3.8) is 0 Å². The maximum Gasteiger partial charge on any atom is 0.389 e. The van der Waals surface area contributed by atoms with Crippen LogP contribution in [0.1, 0.15) is 19.3 Å². The van der Waals surface area contributed by atoms with E-state index in [0.29, 0.717) is 0 Å². The quantitative estimate of drug-likeness (QED) is 0.703. The summed E-state index contributed by atoms with van der Waals surface area (Å²) in [5, 5.41) is 10.9. The van der Waals surface area contributed by atoms with Gasteiger partial charge >= 0.3 is 12.1 Å². The Hall–Kier alpha value is -0.780. The van der Waals surface area contributed by atoms with E-state index in [-0.39, 0.29) is 12.8 Å². The first-order valence-electron chi connectivity index (χ1n) is 3.83. The highest BCUT2D eigenvalue weighted by molar-refractivity contribution is 5.73. The second-order valence-corrected chi connectivity index (χ2v) is 2.69. The Bertz CT molecular complexity index is 170. The van der Waals surface area contributed by atoms with E-state index in [9.17, 15) is 18.0 Å². The molecule has 0 radical (unpaired) electrons. The number of hydrogen-bond acceptors (Lipinski definition) is 2. The van der Waals surface area contributed by atoms with Crippen LogP contribution >= 0.6 is 0 Å². The van der Waals surface area contributed by atoms with Crippen LogP contribution in [0.5, 0.6) is 0 Å². The van der Waals surface area contributed by atoms with Gasteiger partial charge in [0.25, 0.3) is 0 Å². The van der Waals surface area contributed by atoms with Crippen LogP contribution in [0, 0.1) is 0 Å². The summed E-state index contributed by atoms with van der Waals surface area (Å²) >= 11 is 0. The van der Waals surface area contributed by atoms with E-state index < -0.39 is 24.6 Å². The summed E-state index contributed by atoms with van der Waals surface area (Å²) in [6.45, 7) is 0. The van der Waals surface area contributed by atoms with Gasteiger partial charge in [0.15, 0.2) is 0 Å². The van der Waals surface area contributed by atoms with Crippen LogP contribution < -0.4 is 5.32 Å². The fraction of sp³-hybridized carbons (Fsp3) is 0.857. The Labute approximate surface area is 73.9 Å². The van der Waals surface area contributed by atoms with Crippen LogP contribution in [0.2, 0.25) is 0 Å². The van der Waals surface area contributed by atoms with Gasteiger partial charge in [-0.25, -0.2) is 0 Å². The van der Waals surface area contributed by atoms with Crippen LogP contribution in [0.25, 0.3) is 0 Å². The predicted octanol–water partition coefficient (Wildman–Crippen LogP) is 1.39. The van der Waals surface area contributed by atoms with Crippen LogP contribution in [0.4, 0.5) is 13.2 Å². The smallest absolute Gasteiger partial charge is 0.389 e. The lowest BCUT2D eigenvalue weighted by atomic mass is 10.1. The zero-order valence-corrected chi connectivity index (χ0v) is 7.19. The van der Waals surface area contributed by atoms with Crippen molar-refractivity contribution in [2.45, 2.75) is 31.5 Å². The minimum atomic E-state index is -4.20. The Morgan fingerprint density at radius 1 is 1.54 bits per heavy atom. The molecule has 0 aromatic rings. The van der Waals surface area contributed by atoms with E-state index in [4.69, 9.17) is 5.11 Å². The molecule has 78 valence electrons. The highest BCUT2D eigenvalue weighted by Crippen LogP contribution is 2.22. The molecular weight excluding hydrogens is 187 g/mol. The number of carbonyl (C=O) groups is 1. The topological polar surface area (TPSA) is 49.3 Å². The van der Waals surface area contributed by atoms with E-state index in [2.05, 4.69) is 5.32 Å². The molecule has 0 heterocycles. The van der Waals surface area contributed by atoms with Gasteiger partial charge in [0.2, 0.25) is 0 Å². The van der Waals surface area contributed by atoms with Gasteiger partial charge in [0.05, 0.1) is 0 Å². The molecule has 0 spiro atoms. The zero-order valence-electron chi connectivity index (χ0n) is 7.19. The molecule has 0 amide bonds. The SMILES string of the molecule is CN[C@@H](CCCC(F)(F)F)C(=O)O. The second-order valence-electron chi connectivity index (χ2n) is 2.69. The number of nitrogens with one attached hydrogen (secondary N) is 1. The summed E-state index contributed by atoms with van der Waals surface area (Å²) in [4.78, 5) is 10.3. The number of rotatable bonds is 5. The summed E-state index contributed by atoms with van der Waals surface area (Å²) in [5.74, 6) is -1.12. The van der Waals surface area contributed by atoms with Gasteiger partial charge in [-0.05, 0) is 19.9 Å². The first-order chi connectivity index (χ1) is 5.87. The lowest BCUT2D eigenvalue weighted by Gasteiger charge is -2.11. The van der Waals surface area contributed by atoms with Gasteiger partial charge in [-0.15, -0.1) is 0 Å². The fourth-order valence-corrected chi connectivity index (χ4v) is 0.898. The van der Waals surface area contributed by atoms with E-state index in [1.165, 1.54) is 7.05 Å². The molecule has 6 heteroatoms. The van der Waals surface area contributed by atoms with Gasteiger partial charge in [-0.1, -0.05) is 0 Å². The Morgan fingerprint density at radius 2 is 2.08 bits per heavy atom. The van der Waals surface area contributed by atoms with Crippen molar-refractivity contribution in [1.29, 1.82) is 0 Å². The van der Waals surface area contributed by atoms with Crippen LogP contribution in [0.15, 0.2) is 0 Å². The molecule has 0 aliphatic heterocycles. The summed E-state index contributed by atoms with van der Waals surface area (Å²) in [5.41, 5.74) is 0. The summed E-state index contributed by atoms with van der Waals surface area (Å²) in [7, 11) is 1.41. The molecule has 0 saturated carbocycles. The molecular formula is C7H12F3NO2. The van der Waals surface area contributed by atoms with Crippen molar-refractivity contribution in [3.8, 4) is 0 Å². The molecule has 0 bridgehead atoms. The van der Waals surface area contributed by atoms with Crippen LogP contribution in [-0.4, -0.2) is 30.3 Å². The molecule has 0 aliphatic carbocycles. The molecule has 0 unspecified atom stereocenters. The summed E-state index contributed by atoms with van der Waals surface area (Å²) < 4.78 is 34.9. The van der Waals surface area contributed by atoms with E-state index in [1.54, 1.807) is 0 Å². The minimum absolute atomic E-state index is 0.00859. The number of halogens is 3. The van der Waals surface area contributed by atoms with Gasteiger partial charge in [-0.2, -0.15) is 13.2 Å². The monoisotopic (exact) mass is 199 g/mol. The predicted molar refractivity (Wildman–Crippen MR) is 40.4 cm³/mol. The lowest BCUT2D eigenvalue weighted by Crippen LogP contribution is -2.33. The highest BCUT2D eigenvalue weighted by atomic mass is 19.4. The third kappa shape index (κ3) is 6.39. The lowest BCUT2D eigenvalue weighted by molar-refractivity contribution is -0.143. The summed E-state index contributed by atoms with van der Waals surface area (Å²) in [6.07, 6.45) is -5.30. The molecule has 0 aliphatic rings. The van der Waals surface area contributed by atoms with Crippen LogP contribution in [-0.2, 0) is 4.79 Å². The number of hydrogen-bond donors (Lipinski definition) is 2. The Morgan fingerprint density at radius 3 is 2.38 bits per heavy atom. The number of carboxylic acid groups (broad SMARTS) is 1. The second kappa shape index (κ2) is 5.06. The number of alkyl halides is 3. The average molecular weight is 199 g/mol. The maximum absolute atomic E-state index is 11.6. The van der Waals surface area contributed by atoms with Crippen molar-refractivity contribution >= 4 is 5.97 Å². The van der Waals surface area contributed by atoms with Gasteiger partial charge in [0.1, 0.15) is 6.04 Å². The molecule has 13 heavy (non-hydrogen) atoms. The third-order valence-corrected chi connectivity index (χ3v) is 1.60. The molecule has 0 aromatic heterocycles. The molecule has 3 nitrogen and oxygen atoms in total. The molecule has 2 N–H and O–H groups in total. The first kappa shape index (κ1) is 12.2. The third-order valence-electron chi connectivity index (χ3n) is 1.60. The van der Waals surface area contributed by atoms with Gasteiger partial charge in [0, 0.05) is 6.42 Å². The minimum Gasteiger partial charge on any atom is -0.480 e. The first-order valence-corrected chi connectivity index (χ1v) is 3.83. The van der Waals surface area contributed by atoms with Crippen molar-refractivity contribution in [2.75, 3.05) is 7.05 Å². The fourth-order valence-electron chi connectivity index (χ4n) is 0.898. The van der Waals surface area contributed by atoms with Crippen molar-refractivity contribution in [2.24, 2.45) is 0 Å².